The summed E-state index contributed by atoms with van der Waals surface area (Å²) in [6.45, 7) is 3.48. The van der Waals surface area contributed by atoms with Crippen LogP contribution in [0.1, 0.15) is 17.9 Å². The van der Waals surface area contributed by atoms with Crippen molar-refractivity contribution >= 4 is 5.69 Å². The summed E-state index contributed by atoms with van der Waals surface area (Å²) in [6.07, 6.45) is 1.10. The van der Waals surface area contributed by atoms with Crippen LogP contribution in [-0.4, -0.2) is 32.3 Å². The maximum Gasteiger partial charge on any atom is 0.166 e. The highest BCUT2D eigenvalue weighted by atomic mass is 19.2. The lowest BCUT2D eigenvalue weighted by atomic mass is 9.88. The van der Waals surface area contributed by atoms with Gasteiger partial charge in [0.05, 0.1) is 12.2 Å². The molecule has 3 nitrogen and oxygen atoms in total. The predicted octanol–water partition coefficient (Wildman–Crippen LogP) is 3.29. The number of halogens is 2. The second-order valence-corrected chi connectivity index (χ2v) is 6.72. The maximum atomic E-state index is 14.3. The molecule has 3 aliphatic heterocycles. The number of ether oxygens (including phenoxy) is 1. The first-order chi connectivity index (χ1) is 11.7. The third-order valence-electron chi connectivity index (χ3n) is 5.49. The summed E-state index contributed by atoms with van der Waals surface area (Å²) in [5, 5.41) is 3.46. The topological polar surface area (TPSA) is 24.5 Å². The van der Waals surface area contributed by atoms with Gasteiger partial charge in [-0.15, -0.1) is 0 Å². The summed E-state index contributed by atoms with van der Waals surface area (Å²) < 4.78 is 33.8. The minimum Gasteiger partial charge on any atom is -0.490 e. The molecule has 2 atom stereocenters. The first kappa shape index (κ1) is 14.2. The molecule has 5 heteroatoms. The molecule has 0 aliphatic carbocycles. The van der Waals surface area contributed by atoms with Crippen molar-refractivity contribution < 1.29 is 13.5 Å². The van der Waals surface area contributed by atoms with E-state index in [9.17, 15) is 8.78 Å². The van der Waals surface area contributed by atoms with Crippen molar-refractivity contribution in [2.75, 3.05) is 31.1 Å². The monoisotopic (exact) mass is 328 g/mol. The molecule has 2 aromatic carbocycles. The smallest absolute Gasteiger partial charge is 0.166 e. The number of rotatable bonds is 1. The van der Waals surface area contributed by atoms with Crippen LogP contribution in [0.4, 0.5) is 14.5 Å². The van der Waals surface area contributed by atoms with Gasteiger partial charge in [0.2, 0.25) is 0 Å². The number of fused-ring (bicyclic) bond motifs is 3. The Labute approximate surface area is 139 Å². The van der Waals surface area contributed by atoms with Gasteiger partial charge in [-0.25, -0.2) is 8.78 Å². The second kappa shape index (κ2) is 5.18. The Kier molecular flexibility index (Phi) is 3.07. The standard InChI is InChI=1S/C19H18F2N2O/c20-15-3-1-2-12(18(15)21)11-8-13-14-10-22-5-4-16(14)23-6-7-24-17(9-11)19(13)23/h1-3,8-9,14,16,22H,4-7,10H2/t14-,16-/m0/s1. The van der Waals surface area contributed by atoms with Gasteiger partial charge in [-0.05, 0) is 42.3 Å². The Bertz CT molecular complexity index is 823. The van der Waals surface area contributed by atoms with Crippen molar-refractivity contribution in [3.63, 3.8) is 0 Å². The van der Waals surface area contributed by atoms with E-state index in [2.05, 4.69) is 10.2 Å². The molecule has 0 spiro atoms. The molecule has 1 N–H and O–H groups in total. The van der Waals surface area contributed by atoms with Gasteiger partial charge >= 0.3 is 0 Å². The third kappa shape index (κ3) is 1.91. The molecule has 3 aliphatic rings. The molecule has 2 aromatic rings. The van der Waals surface area contributed by atoms with Gasteiger partial charge in [0.15, 0.2) is 11.6 Å². The van der Waals surface area contributed by atoms with E-state index in [-0.39, 0.29) is 0 Å². The number of anilines is 1. The average molecular weight is 328 g/mol. The molecular formula is C19H18F2N2O. The van der Waals surface area contributed by atoms with Gasteiger partial charge in [-0.2, -0.15) is 0 Å². The van der Waals surface area contributed by atoms with Gasteiger partial charge < -0.3 is 15.0 Å². The molecule has 0 amide bonds. The number of hydrogen-bond donors (Lipinski definition) is 1. The molecule has 3 heterocycles. The van der Waals surface area contributed by atoms with E-state index in [0.717, 1.165) is 43.6 Å². The van der Waals surface area contributed by atoms with Crippen LogP contribution in [0.25, 0.3) is 11.1 Å². The summed E-state index contributed by atoms with van der Waals surface area (Å²) in [4.78, 5) is 2.45. The van der Waals surface area contributed by atoms with Gasteiger partial charge in [-0.1, -0.05) is 12.1 Å². The molecule has 5 rings (SSSR count). The van der Waals surface area contributed by atoms with E-state index in [1.807, 2.05) is 12.1 Å². The van der Waals surface area contributed by atoms with E-state index in [1.54, 1.807) is 12.1 Å². The van der Waals surface area contributed by atoms with E-state index in [0.29, 0.717) is 29.7 Å². The van der Waals surface area contributed by atoms with Gasteiger partial charge in [0.1, 0.15) is 12.4 Å². The molecule has 0 radical (unpaired) electrons. The molecule has 0 aromatic heterocycles. The van der Waals surface area contributed by atoms with Crippen LogP contribution in [0.3, 0.4) is 0 Å². The largest absolute Gasteiger partial charge is 0.490 e. The van der Waals surface area contributed by atoms with Crippen LogP contribution in [0.2, 0.25) is 0 Å². The molecule has 0 unspecified atom stereocenters. The van der Waals surface area contributed by atoms with Crippen LogP contribution in [-0.2, 0) is 0 Å². The minimum absolute atomic E-state index is 0.294. The van der Waals surface area contributed by atoms with Crippen molar-refractivity contribution in [1.29, 1.82) is 0 Å². The summed E-state index contributed by atoms with van der Waals surface area (Å²) in [5.41, 5.74) is 3.33. The van der Waals surface area contributed by atoms with Crippen LogP contribution in [0.15, 0.2) is 30.3 Å². The quantitative estimate of drug-likeness (QED) is 0.869. The number of hydrogen-bond acceptors (Lipinski definition) is 3. The Morgan fingerprint density at radius 1 is 1.21 bits per heavy atom. The van der Waals surface area contributed by atoms with Crippen LogP contribution in [0, 0.1) is 11.6 Å². The lowest BCUT2D eigenvalue weighted by molar-refractivity contribution is 0.295. The molecule has 1 saturated heterocycles. The van der Waals surface area contributed by atoms with E-state index in [4.69, 9.17) is 4.74 Å². The number of nitrogens with zero attached hydrogens (tertiary/aromatic N) is 1. The first-order valence-corrected chi connectivity index (χ1v) is 8.46. The highest BCUT2D eigenvalue weighted by Gasteiger charge is 2.43. The van der Waals surface area contributed by atoms with Gasteiger partial charge in [0.25, 0.3) is 0 Å². The first-order valence-electron chi connectivity index (χ1n) is 8.46. The fourth-order valence-corrected chi connectivity index (χ4v) is 4.44. The van der Waals surface area contributed by atoms with Crippen molar-refractivity contribution in [3.8, 4) is 16.9 Å². The number of benzene rings is 2. The maximum absolute atomic E-state index is 14.3. The van der Waals surface area contributed by atoms with Crippen LogP contribution in [0.5, 0.6) is 5.75 Å². The molecule has 0 saturated carbocycles. The molecule has 1 fully saturated rings. The van der Waals surface area contributed by atoms with Gasteiger partial charge in [-0.3, -0.25) is 0 Å². The number of piperidine rings is 1. The van der Waals surface area contributed by atoms with Crippen molar-refractivity contribution in [2.45, 2.75) is 18.4 Å². The highest BCUT2D eigenvalue weighted by Crippen LogP contribution is 2.51. The fourth-order valence-electron chi connectivity index (χ4n) is 4.44. The molecule has 124 valence electrons. The molecule has 24 heavy (non-hydrogen) atoms. The number of nitrogens with one attached hydrogen (secondary N) is 1. The molecule has 0 bridgehead atoms. The Balaban J connectivity index is 1.70. The predicted molar refractivity (Wildman–Crippen MR) is 88.7 cm³/mol. The van der Waals surface area contributed by atoms with Crippen LogP contribution < -0.4 is 15.0 Å². The average Bonchev–Trinajstić information content (AvgIpc) is 2.94. The zero-order valence-electron chi connectivity index (χ0n) is 13.2. The van der Waals surface area contributed by atoms with Gasteiger partial charge in [0, 0.05) is 24.1 Å². The zero-order chi connectivity index (χ0) is 16.3. The third-order valence-corrected chi connectivity index (χ3v) is 5.49. The van der Waals surface area contributed by atoms with E-state index >= 15 is 0 Å². The lowest BCUT2D eigenvalue weighted by Gasteiger charge is -2.36. The van der Waals surface area contributed by atoms with E-state index in [1.165, 1.54) is 5.56 Å². The Morgan fingerprint density at radius 2 is 2.12 bits per heavy atom. The van der Waals surface area contributed by atoms with E-state index < -0.39 is 11.6 Å². The summed E-state index contributed by atoms with van der Waals surface area (Å²) in [7, 11) is 0. The van der Waals surface area contributed by atoms with Crippen molar-refractivity contribution in [1.82, 2.24) is 5.32 Å². The summed E-state index contributed by atoms with van der Waals surface area (Å²) >= 11 is 0. The lowest BCUT2D eigenvalue weighted by Crippen LogP contribution is -2.46. The molecular weight excluding hydrogens is 310 g/mol. The fraction of sp³-hybridized carbons (Fsp3) is 0.368. The summed E-state index contributed by atoms with van der Waals surface area (Å²) in [6, 6.07) is 8.68. The second-order valence-electron chi connectivity index (χ2n) is 6.72. The Morgan fingerprint density at radius 3 is 3.04 bits per heavy atom. The normalized spacial score (nSPS) is 24.3. The van der Waals surface area contributed by atoms with Crippen molar-refractivity contribution in [2.24, 2.45) is 0 Å². The van der Waals surface area contributed by atoms with Crippen LogP contribution >= 0.6 is 0 Å². The Hall–Kier alpha value is -2.14. The zero-order valence-corrected chi connectivity index (χ0v) is 13.2. The minimum atomic E-state index is -0.818. The van der Waals surface area contributed by atoms with Crippen molar-refractivity contribution in [3.05, 3.63) is 47.5 Å². The summed E-state index contributed by atoms with van der Waals surface area (Å²) in [5.74, 6) is -0.437. The highest BCUT2D eigenvalue weighted by molar-refractivity contribution is 5.79. The SMILES string of the molecule is Fc1cccc(-c2cc3c4c(c2)[C@@H]2CNCC[C@@H]2N4CCO3)c1F.